The molecule has 0 unspecified atom stereocenters. The van der Waals surface area contributed by atoms with Crippen molar-refractivity contribution in [2.45, 2.75) is 13.5 Å². The highest BCUT2D eigenvalue weighted by molar-refractivity contribution is 5.91. The van der Waals surface area contributed by atoms with Crippen molar-refractivity contribution in [3.8, 4) is 0 Å². The Kier molecular flexibility index (Phi) is 4.22. The van der Waals surface area contributed by atoms with Gasteiger partial charge in [-0.1, -0.05) is 0 Å². The van der Waals surface area contributed by atoms with Gasteiger partial charge in [0.1, 0.15) is 0 Å². The molecule has 1 aromatic heterocycles. The Morgan fingerprint density at radius 1 is 1.29 bits per heavy atom. The Morgan fingerprint density at radius 3 is 2.48 bits per heavy atom. The summed E-state index contributed by atoms with van der Waals surface area (Å²) in [6, 6.07) is 5.59. The lowest BCUT2D eigenvalue weighted by molar-refractivity contribution is 0.0697. The fraction of sp³-hybridized carbons (Fsp3) is 0.214. The lowest BCUT2D eigenvalue weighted by Gasteiger charge is -2.07. The number of aryl methyl sites for hydroxylation is 1. The number of amides is 2. The molecular weight excluding hydrogens is 272 g/mol. The van der Waals surface area contributed by atoms with Crippen LogP contribution in [0.25, 0.3) is 0 Å². The first kappa shape index (κ1) is 14.6. The zero-order valence-electron chi connectivity index (χ0n) is 11.8. The summed E-state index contributed by atoms with van der Waals surface area (Å²) in [6.45, 7) is 2.30. The highest BCUT2D eigenvalue weighted by Crippen LogP contribution is 2.10. The number of urea groups is 1. The Labute approximate surface area is 121 Å². The molecule has 3 N–H and O–H groups in total. The van der Waals surface area contributed by atoms with Gasteiger partial charge < -0.3 is 15.7 Å². The monoisotopic (exact) mass is 288 g/mol. The van der Waals surface area contributed by atoms with Gasteiger partial charge in [-0.05, 0) is 31.2 Å². The Balaban J connectivity index is 1.89. The van der Waals surface area contributed by atoms with Crippen molar-refractivity contribution >= 4 is 17.7 Å². The van der Waals surface area contributed by atoms with Gasteiger partial charge in [-0.25, -0.2) is 9.59 Å². The van der Waals surface area contributed by atoms with Gasteiger partial charge in [0.05, 0.1) is 11.8 Å². The van der Waals surface area contributed by atoms with Crippen LogP contribution in [0.5, 0.6) is 0 Å². The molecule has 21 heavy (non-hydrogen) atoms. The number of carbonyl (C=O) groups excluding carboxylic acids is 1. The Morgan fingerprint density at radius 2 is 1.95 bits per heavy atom. The lowest BCUT2D eigenvalue weighted by Crippen LogP contribution is -2.28. The molecule has 0 saturated heterocycles. The number of benzene rings is 1. The number of carboxylic acids is 1. The second kappa shape index (κ2) is 6.08. The van der Waals surface area contributed by atoms with E-state index < -0.39 is 5.97 Å². The number of hydrogen-bond donors (Lipinski definition) is 3. The van der Waals surface area contributed by atoms with Crippen molar-refractivity contribution < 1.29 is 14.7 Å². The highest BCUT2D eigenvalue weighted by Gasteiger charge is 2.07. The minimum Gasteiger partial charge on any atom is -0.478 e. The molecule has 7 nitrogen and oxygen atoms in total. The molecule has 0 aliphatic rings. The molecule has 0 aliphatic carbocycles. The first-order chi connectivity index (χ1) is 9.97. The van der Waals surface area contributed by atoms with Gasteiger partial charge in [0.15, 0.2) is 0 Å². The predicted octanol–water partition coefficient (Wildman–Crippen LogP) is 1.75. The van der Waals surface area contributed by atoms with Crippen LogP contribution in [0.2, 0.25) is 0 Å². The third-order valence-corrected chi connectivity index (χ3v) is 3.17. The number of nitrogens with one attached hydrogen (secondary N) is 2. The second-order valence-electron chi connectivity index (χ2n) is 4.57. The van der Waals surface area contributed by atoms with Gasteiger partial charge in [-0.3, -0.25) is 4.68 Å². The average Bonchev–Trinajstić information content (AvgIpc) is 2.77. The van der Waals surface area contributed by atoms with Crippen molar-refractivity contribution in [1.29, 1.82) is 0 Å². The van der Waals surface area contributed by atoms with Gasteiger partial charge in [0.25, 0.3) is 0 Å². The maximum Gasteiger partial charge on any atom is 0.335 e. The van der Waals surface area contributed by atoms with E-state index in [1.54, 1.807) is 23.0 Å². The number of rotatable bonds is 4. The number of aromatic carboxylic acids is 1. The standard InChI is InChI=1S/C14H16N4O3/c1-9-11(8-16-18(9)2)7-15-14(21)17-12-5-3-10(4-6-12)13(19)20/h3-6,8H,7H2,1-2H3,(H,19,20)(H2,15,17,21). The summed E-state index contributed by atoms with van der Waals surface area (Å²) in [5.41, 5.74) is 2.63. The Bertz CT molecular complexity index is 661. The van der Waals surface area contributed by atoms with Crippen LogP contribution in [-0.4, -0.2) is 26.9 Å². The highest BCUT2D eigenvalue weighted by atomic mass is 16.4. The molecule has 2 aromatic rings. The summed E-state index contributed by atoms with van der Waals surface area (Å²) < 4.78 is 1.74. The normalized spacial score (nSPS) is 10.2. The van der Waals surface area contributed by atoms with Crippen LogP contribution >= 0.6 is 0 Å². The van der Waals surface area contributed by atoms with Crippen LogP contribution in [0.1, 0.15) is 21.6 Å². The average molecular weight is 288 g/mol. The van der Waals surface area contributed by atoms with Crippen LogP contribution < -0.4 is 10.6 Å². The molecule has 110 valence electrons. The summed E-state index contributed by atoms with van der Waals surface area (Å²) in [5, 5.41) is 18.2. The number of nitrogens with zero attached hydrogens (tertiary/aromatic N) is 2. The van der Waals surface area contributed by atoms with Crippen molar-refractivity contribution in [2.24, 2.45) is 7.05 Å². The zero-order valence-corrected chi connectivity index (χ0v) is 11.8. The first-order valence-electron chi connectivity index (χ1n) is 6.33. The van der Waals surface area contributed by atoms with E-state index in [1.807, 2.05) is 14.0 Å². The summed E-state index contributed by atoms with van der Waals surface area (Å²) in [4.78, 5) is 22.5. The molecule has 0 bridgehead atoms. The van der Waals surface area contributed by atoms with Crippen molar-refractivity contribution in [2.75, 3.05) is 5.32 Å². The second-order valence-corrected chi connectivity index (χ2v) is 4.57. The van der Waals surface area contributed by atoms with Crippen LogP contribution in [0, 0.1) is 6.92 Å². The van der Waals surface area contributed by atoms with E-state index in [2.05, 4.69) is 15.7 Å². The minimum atomic E-state index is -1.00. The van der Waals surface area contributed by atoms with E-state index in [1.165, 1.54) is 12.1 Å². The lowest BCUT2D eigenvalue weighted by atomic mass is 10.2. The van der Waals surface area contributed by atoms with Crippen LogP contribution in [0.15, 0.2) is 30.5 Å². The van der Waals surface area contributed by atoms with Crippen LogP contribution in [-0.2, 0) is 13.6 Å². The number of carbonyl (C=O) groups is 2. The van der Waals surface area contributed by atoms with E-state index in [-0.39, 0.29) is 11.6 Å². The Hall–Kier alpha value is -2.83. The van der Waals surface area contributed by atoms with Gasteiger partial charge in [0.2, 0.25) is 0 Å². The maximum absolute atomic E-state index is 11.8. The molecule has 0 aliphatic heterocycles. The minimum absolute atomic E-state index is 0.173. The molecule has 1 aromatic carbocycles. The quantitative estimate of drug-likeness (QED) is 0.798. The smallest absolute Gasteiger partial charge is 0.335 e. The number of hydrogen-bond acceptors (Lipinski definition) is 3. The van der Waals surface area contributed by atoms with E-state index in [0.717, 1.165) is 11.3 Å². The topological polar surface area (TPSA) is 96.2 Å². The van der Waals surface area contributed by atoms with E-state index >= 15 is 0 Å². The summed E-state index contributed by atoms with van der Waals surface area (Å²) in [5.74, 6) is -1.00. The third kappa shape index (κ3) is 3.59. The van der Waals surface area contributed by atoms with E-state index in [9.17, 15) is 9.59 Å². The SMILES string of the molecule is Cc1c(CNC(=O)Nc2ccc(C(=O)O)cc2)cnn1C. The fourth-order valence-electron chi connectivity index (χ4n) is 1.76. The summed E-state index contributed by atoms with van der Waals surface area (Å²) in [6.07, 6.45) is 1.71. The molecule has 2 amide bonds. The van der Waals surface area contributed by atoms with Crippen LogP contribution in [0.3, 0.4) is 0 Å². The van der Waals surface area contributed by atoms with Crippen molar-refractivity contribution in [3.63, 3.8) is 0 Å². The number of aromatic nitrogens is 2. The molecule has 0 spiro atoms. The molecular formula is C14H16N4O3. The fourth-order valence-corrected chi connectivity index (χ4v) is 1.76. The third-order valence-electron chi connectivity index (χ3n) is 3.17. The predicted molar refractivity (Wildman–Crippen MR) is 77.2 cm³/mol. The molecule has 2 rings (SSSR count). The number of carboxylic acid groups (broad SMARTS) is 1. The molecule has 0 saturated carbocycles. The molecule has 7 heteroatoms. The summed E-state index contributed by atoms with van der Waals surface area (Å²) in [7, 11) is 1.84. The van der Waals surface area contributed by atoms with Crippen LogP contribution in [0.4, 0.5) is 10.5 Å². The molecule has 1 heterocycles. The van der Waals surface area contributed by atoms with Gasteiger partial charge in [0, 0.05) is 30.5 Å². The van der Waals surface area contributed by atoms with E-state index in [4.69, 9.17) is 5.11 Å². The largest absolute Gasteiger partial charge is 0.478 e. The van der Waals surface area contributed by atoms with Crippen molar-refractivity contribution in [1.82, 2.24) is 15.1 Å². The zero-order chi connectivity index (χ0) is 15.4. The first-order valence-corrected chi connectivity index (χ1v) is 6.33. The van der Waals surface area contributed by atoms with Gasteiger partial charge in [-0.15, -0.1) is 0 Å². The van der Waals surface area contributed by atoms with E-state index in [0.29, 0.717) is 12.2 Å². The van der Waals surface area contributed by atoms with Gasteiger partial charge in [-0.2, -0.15) is 5.10 Å². The number of anilines is 1. The molecule has 0 fully saturated rings. The maximum atomic E-state index is 11.8. The molecule has 0 atom stereocenters. The summed E-state index contributed by atoms with van der Waals surface area (Å²) >= 11 is 0. The molecule has 0 radical (unpaired) electrons. The van der Waals surface area contributed by atoms with Gasteiger partial charge >= 0.3 is 12.0 Å². The van der Waals surface area contributed by atoms with Crippen molar-refractivity contribution in [3.05, 3.63) is 47.3 Å².